The van der Waals surface area contributed by atoms with Gasteiger partial charge in [0.1, 0.15) is 0 Å². The molecule has 0 amide bonds. The Balaban J connectivity index is 1.53. The van der Waals surface area contributed by atoms with Crippen LogP contribution in [0.1, 0.15) is 30.0 Å². The van der Waals surface area contributed by atoms with Crippen molar-refractivity contribution >= 4 is 5.96 Å². The van der Waals surface area contributed by atoms with Crippen molar-refractivity contribution in [3.05, 3.63) is 71.3 Å². The summed E-state index contributed by atoms with van der Waals surface area (Å²) in [7, 11) is 6.06. The molecule has 5 nitrogen and oxygen atoms in total. The number of hydrogen-bond acceptors (Lipinski definition) is 3. The van der Waals surface area contributed by atoms with Gasteiger partial charge in [0.25, 0.3) is 0 Å². The molecule has 0 saturated carbocycles. The first-order valence-corrected chi connectivity index (χ1v) is 10.5. The van der Waals surface area contributed by atoms with Crippen LogP contribution >= 0.6 is 0 Å². The zero-order valence-electron chi connectivity index (χ0n) is 18.2. The maximum absolute atomic E-state index is 4.46. The number of rotatable bonds is 7. The average Bonchev–Trinajstić information content (AvgIpc) is 3.05. The number of nitrogens with zero attached hydrogens (tertiary/aromatic N) is 3. The fourth-order valence-electron chi connectivity index (χ4n) is 4.03. The molecule has 1 fully saturated rings. The van der Waals surface area contributed by atoms with E-state index < -0.39 is 0 Å². The topological polar surface area (TPSA) is 42.9 Å². The van der Waals surface area contributed by atoms with E-state index in [0.29, 0.717) is 12.1 Å². The lowest BCUT2D eigenvalue weighted by Crippen LogP contribution is -2.44. The lowest BCUT2D eigenvalue weighted by atomic mass is 10.1. The highest BCUT2D eigenvalue weighted by molar-refractivity contribution is 5.80. The van der Waals surface area contributed by atoms with Gasteiger partial charge < -0.3 is 15.5 Å². The summed E-state index contributed by atoms with van der Waals surface area (Å²) >= 11 is 0. The molecule has 0 aliphatic carbocycles. The van der Waals surface area contributed by atoms with Gasteiger partial charge >= 0.3 is 0 Å². The summed E-state index contributed by atoms with van der Waals surface area (Å²) < 4.78 is 0. The fourth-order valence-corrected chi connectivity index (χ4v) is 4.03. The second kappa shape index (κ2) is 10.4. The minimum atomic E-state index is 0.414. The van der Waals surface area contributed by atoms with E-state index in [-0.39, 0.29) is 0 Å². The molecule has 2 atom stereocenters. The summed E-state index contributed by atoms with van der Waals surface area (Å²) in [6.07, 6.45) is 1.13. The molecule has 1 aliphatic rings. The van der Waals surface area contributed by atoms with Crippen molar-refractivity contribution in [2.45, 2.75) is 45.1 Å². The van der Waals surface area contributed by atoms with Gasteiger partial charge in [-0.3, -0.25) is 9.89 Å². The van der Waals surface area contributed by atoms with Gasteiger partial charge in [-0.25, -0.2) is 0 Å². The van der Waals surface area contributed by atoms with E-state index in [4.69, 9.17) is 0 Å². The molecule has 2 aromatic rings. The first kappa shape index (κ1) is 21.3. The predicted octanol–water partition coefficient (Wildman–Crippen LogP) is 3.08. The fraction of sp³-hybridized carbons (Fsp3) is 0.458. The number of aliphatic imine (C=N–C) groups is 1. The van der Waals surface area contributed by atoms with Crippen LogP contribution in [0.4, 0.5) is 0 Å². The Bertz CT molecular complexity index is 787. The summed E-state index contributed by atoms with van der Waals surface area (Å²) in [6, 6.07) is 20.3. The van der Waals surface area contributed by atoms with Gasteiger partial charge in [-0.2, -0.15) is 0 Å². The van der Waals surface area contributed by atoms with Crippen LogP contribution in [0.5, 0.6) is 0 Å². The van der Waals surface area contributed by atoms with Crippen LogP contribution < -0.4 is 10.6 Å². The van der Waals surface area contributed by atoms with Crippen LogP contribution in [-0.4, -0.2) is 55.5 Å². The molecule has 1 heterocycles. The Morgan fingerprint density at radius 1 is 1.07 bits per heavy atom. The quantitative estimate of drug-likeness (QED) is 0.560. The number of likely N-dealkylation sites (tertiary alicyclic amines) is 1. The second-order valence-corrected chi connectivity index (χ2v) is 8.27. The maximum atomic E-state index is 4.46. The summed E-state index contributed by atoms with van der Waals surface area (Å²) in [6.45, 7) is 6.08. The Morgan fingerprint density at radius 3 is 2.45 bits per heavy atom. The normalized spacial score (nSPS) is 20.2. The van der Waals surface area contributed by atoms with Gasteiger partial charge in [-0.1, -0.05) is 54.6 Å². The number of benzene rings is 2. The molecule has 1 aliphatic heterocycles. The molecular weight excluding hydrogens is 358 g/mol. The Kier molecular flexibility index (Phi) is 7.67. The SMILES string of the molecule is CN=C(NCc1ccccc1CN(C)C)NC1CC(C)N(Cc2ccccc2)C1. The molecule has 0 spiro atoms. The molecule has 5 heteroatoms. The Hall–Kier alpha value is -2.37. The standard InChI is InChI=1S/C24H35N5/c1-19-14-23(18-29(19)16-20-10-6-5-7-11-20)27-24(25-2)26-15-21-12-8-9-13-22(21)17-28(3)4/h5-13,19,23H,14-18H2,1-4H3,(H2,25,26,27). The predicted molar refractivity (Wildman–Crippen MR) is 122 cm³/mol. The molecule has 0 bridgehead atoms. The highest BCUT2D eigenvalue weighted by Gasteiger charge is 2.29. The van der Waals surface area contributed by atoms with Gasteiger partial charge in [-0.05, 0) is 44.1 Å². The summed E-state index contributed by atoms with van der Waals surface area (Å²) in [4.78, 5) is 9.21. The Labute approximate surface area is 175 Å². The van der Waals surface area contributed by atoms with Gasteiger partial charge in [0.2, 0.25) is 0 Å². The molecule has 2 unspecified atom stereocenters. The van der Waals surface area contributed by atoms with Crippen LogP contribution in [0, 0.1) is 0 Å². The summed E-state index contributed by atoms with van der Waals surface area (Å²) in [5, 5.41) is 7.14. The zero-order valence-corrected chi connectivity index (χ0v) is 18.2. The van der Waals surface area contributed by atoms with Crippen molar-refractivity contribution in [2.75, 3.05) is 27.7 Å². The Morgan fingerprint density at radius 2 is 1.76 bits per heavy atom. The van der Waals surface area contributed by atoms with Crippen LogP contribution in [0.3, 0.4) is 0 Å². The first-order valence-electron chi connectivity index (χ1n) is 10.5. The molecule has 1 saturated heterocycles. The molecule has 156 valence electrons. The molecular formula is C24H35N5. The first-order chi connectivity index (χ1) is 14.0. The smallest absolute Gasteiger partial charge is 0.191 e. The third-order valence-electron chi connectivity index (χ3n) is 5.55. The second-order valence-electron chi connectivity index (χ2n) is 8.27. The van der Waals surface area contributed by atoms with Crippen LogP contribution in [-0.2, 0) is 19.6 Å². The van der Waals surface area contributed by atoms with Crippen molar-refractivity contribution in [2.24, 2.45) is 4.99 Å². The average molecular weight is 394 g/mol. The van der Waals surface area contributed by atoms with E-state index in [1.807, 2.05) is 7.05 Å². The third kappa shape index (κ3) is 6.31. The van der Waals surface area contributed by atoms with Gasteiger partial charge in [0.05, 0.1) is 0 Å². The lowest BCUT2D eigenvalue weighted by Gasteiger charge is -2.21. The van der Waals surface area contributed by atoms with Crippen molar-refractivity contribution in [3.8, 4) is 0 Å². The van der Waals surface area contributed by atoms with Gasteiger partial charge in [0, 0.05) is 45.3 Å². The summed E-state index contributed by atoms with van der Waals surface area (Å²) in [5.41, 5.74) is 4.04. The molecule has 2 N–H and O–H groups in total. The molecule has 0 aromatic heterocycles. The monoisotopic (exact) mass is 393 g/mol. The van der Waals surface area contributed by atoms with E-state index in [2.05, 4.69) is 101 Å². The van der Waals surface area contributed by atoms with Gasteiger partial charge in [0.15, 0.2) is 5.96 Å². The van der Waals surface area contributed by atoms with Gasteiger partial charge in [-0.15, -0.1) is 0 Å². The third-order valence-corrected chi connectivity index (χ3v) is 5.55. The number of hydrogen-bond donors (Lipinski definition) is 2. The van der Waals surface area contributed by atoms with Crippen LogP contribution in [0.15, 0.2) is 59.6 Å². The van der Waals surface area contributed by atoms with Crippen LogP contribution in [0.25, 0.3) is 0 Å². The van der Waals surface area contributed by atoms with E-state index >= 15 is 0 Å². The van der Waals surface area contributed by atoms with E-state index in [0.717, 1.165) is 38.6 Å². The molecule has 3 rings (SSSR count). The molecule has 2 aromatic carbocycles. The van der Waals surface area contributed by atoms with Crippen molar-refractivity contribution in [3.63, 3.8) is 0 Å². The molecule has 0 radical (unpaired) electrons. The highest BCUT2D eigenvalue weighted by Crippen LogP contribution is 2.20. The number of guanidine groups is 1. The molecule has 29 heavy (non-hydrogen) atoms. The van der Waals surface area contributed by atoms with Crippen molar-refractivity contribution < 1.29 is 0 Å². The van der Waals surface area contributed by atoms with Crippen LogP contribution in [0.2, 0.25) is 0 Å². The minimum Gasteiger partial charge on any atom is -0.352 e. The minimum absolute atomic E-state index is 0.414. The van der Waals surface area contributed by atoms with Crippen molar-refractivity contribution in [1.82, 2.24) is 20.4 Å². The summed E-state index contributed by atoms with van der Waals surface area (Å²) in [5.74, 6) is 0.878. The highest BCUT2D eigenvalue weighted by atomic mass is 15.3. The largest absolute Gasteiger partial charge is 0.352 e. The van der Waals surface area contributed by atoms with E-state index in [1.54, 1.807) is 0 Å². The van der Waals surface area contributed by atoms with E-state index in [1.165, 1.54) is 16.7 Å². The zero-order chi connectivity index (χ0) is 20.6. The van der Waals surface area contributed by atoms with Crippen molar-refractivity contribution in [1.29, 1.82) is 0 Å². The lowest BCUT2D eigenvalue weighted by molar-refractivity contribution is 0.258. The maximum Gasteiger partial charge on any atom is 0.191 e. The number of nitrogens with one attached hydrogen (secondary N) is 2. The van der Waals surface area contributed by atoms with E-state index in [9.17, 15) is 0 Å².